The van der Waals surface area contributed by atoms with E-state index >= 15 is 0 Å². The molecule has 88 valence electrons. The molecule has 3 N–H and O–H groups in total. The summed E-state index contributed by atoms with van der Waals surface area (Å²) in [7, 11) is 0. The Morgan fingerprint density at radius 2 is 2.12 bits per heavy atom. The Bertz CT molecular complexity index is 524. The van der Waals surface area contributed by atoms with Crippen LogP contribution in [0.3, 0.4) is 0 Å². The van der Waals surface area contributed by atoms with E-state index in [4.69, 9.17) is 5.73 Å². The van der Waals surface area contributed by atoms with Crippen molar-refractivity contribution in [2.24, 2.45) is 0 Å². The van der Waals surface area contributed by atoms with Crippen molar-refractivity contribution in [2.45, 2.75) is 6.54 Å². The van der Waals surface area contributed by atoms with Crippen molar-refractivity contribution in [3.8, 4) is 0 Å². The monoisotopic (exact) mass is 311 g/mol. The Kier molecular flexibility index (Phi) is 3.75. The van der Waals surface area contributed by atoms with Crippen LogP contribution in [-0.4, -0.2) is 10.9 Å². The van der Waals surface area contributed by atoms with E-state index in [9.17, 15) is 4.79 Å². The zero-order chi connectivity index (χ0) is 12.3. The molecule has 2 rings (SSSR count). The van der Waals surface area contributed by atoms with E-state index in [2.05, 4.69) is 26.2 Å². The third kappa shape index (κ3) is 3.28. The smallest absolute Gasteiger partial charge is 0.271 e. The van der Waals surface area contributed by atoms with E-state index in [0.29, 0.717) is 17.4 Å². The third-order valence-electron chi connectivity index (χ3n) is 2.12. The van der Waals surface area contributed by atoms with E-state index < -0.39 is 0 Å². The Balaban J connectivity index is 1.94. The number of halogens is 1. The first-order chi connectivity index (χ1) is 8.15. The van der Waals surface area contributed by atoms with Gasteiger partial charge in [0, 0.05) is 16.4 Å². The fourth-order valence-electron chi connectivity index (χ4n) is 1.27. The predicted molar refractivity (Wildman–Crippen MR) is 71.8 cm³/mol. The Morgan fingerprint density at radius 3 is 2.71 bits per heavy atom. The molecule has 0 aliphatic rings. The number of anilines is 1. The molecule has 2 aromatic rings. The Hall–Kier alpha value is -1.40. The highest BCUT2D eigenvalue weighted by Gasteiger charge is 2.08. The van der Waals surface area contributed by atoms with E-state index in [1.54, 1.807) is 5.38 Å². The summed E-state index contributed by atoms with van der Waals surface area (Å²) in [5, 5.41) is 4.83. The standard InChI is InChI=1S/C11H10BrN3OS/c12-8-3-1-7(2-4-8)5-14-10(16)9-6-17-11(13)15-9/h1-4,6H,5H2,(H2,13,15)(H,14,16). The first-order valence-corrected chi connectivity index (χ1v) is 6.56. The van der Waals surface area contributed by atoms with Gasteiger partial charge in [-0.3, -0.25) is 4.79 Å². The molecule has 0 atom stereocenters. The highest BCUT2D eigenvalue weighted by molar-refractivity contribution is 9.10. The zero-order valence-electron chi connectivity index (χ0n) is 8.81. The number of nitrogen functional groups attached to an aromatic ring is 1. The second-order valence-corrected chi connectivity index (χ2v) is 5.19. The minimum Gasteiger partial charge on any atom is -0.375 e. The maximum absolute atomic E-state index is 11.7. The number of nitrogens with zero attached hydrogens (tertiary/aromatic N) is 1. The molecule has 0 spiro atoms. The van der Waals surface area contributed by atoms with Crippen molar-refractivity contribution in [2.75, 3.05) is 5.73 Å². The van der Waals surface area contributed by atoms with Gasteiger partial charge in [-0.1, -0.05) is 28.1 Å². The van der Waals surface area contributed by atoms with Gasteiger partial charge < -0.3 is 11.1 Å². The van der Waals surface area contributed by atoms with Gasteiger partial charge in [0.05, 0.1) is 0 Å². The molecule has 1 aromatic carbocycles. The van der Waals surface area contributed by atoms with Crippen LogP contribution < -0.4 is 11.1 Å². The summed E-state index contributed by atoms with van der Waals surface area (Å²) < 4.78 is 1.01. The molecule has 17 heavy (non-hydrogen) atoms. The molecular weight excluding hydrogens is 302 g/mol. The van der Waals surface area contributed by atoms with Gasteiger partial charge in [-0.2, -0.15) is 0 Å². The first kappa shape index (κ1) is 12.1. The molecule has 0 fully saturated rings. The van der Waals surface area contributed by atoms with Crippen LogP contribution in [0.15, 0.2) is 34.1 Å². The minimum absolute atomic E-state index is 0.208. The summed E-state index contributed by atoms with van der Waals surface area (Å²) >= 11 is 4.61. The van der Waals surface area contributed by atoms with Crippen molar-refractivity contribution in [3.05, 3.63) is 45.4 Å². The molecule has 0 saturated heterocycles. The van der Waals surface area contributed by atoms with Gasteiger partial charge in [0.15, 0.2) is 5.13 Å². The number of thiazole rings is 1. The summed E-state index contributed by atoms with van der Waals surface area (Å²) in [6.07, 6.45) is 0. The molecule has 1 heterocycles. The molecular formula is C11H10BrN3OS. The van der Waals surface area contributed by atoms with Crippen molar-refractivity contribution in [1.29, 1.82) is 0 Å². The number of benzene rings is 1. The van der Waals surface area contributed by atoms with Gasteiger partial charge in [-0.15, -0.1) is 11.3 Å². The second-order valence-electron chi connectivity index (χ2n) is 3.38. The van der Waals surface area contributed by atoms with Crippen molar-refractivity contribution < 1.29 is 4.79 Å². The normalized spacial score (nSPS) is 10.2. The molecule has 6 heteroatoms. The lowest BCUT2D eigenvalue weighted by Crippen LogP contribution is -2.23. The highest BCUT2D eigenvalue weighted by Crippen LogP contribution is 2.12. The molecule has 1 amide bonds. The van der Waals surface area contributed by atoms with Crippen LogP contribution in [0.4, 0.5) is 5.13 Å². The van der Waals surface area contributed by atoms with Crippen LogP contribution in [0.1, 0.15) is 16.1 Å². The number of nitrogens with one attached hydrogen (secondary N) is 1. The lowest BCUT2D eigenvalue weighted by molar-refractivity contribution is 0.0946. The number of hydrogen-bond acceptors (Lipinski definition) is 4. The number of rotatable bonds is 3. The first-order valence-electron chi connectivity index (χ1n) is 4.89. The van der Waals surface area contributed by atoms with Crippen LogP contribution in [0.25, 0.3) is 0 Å². The van der Waals surface area contributed by atoms with Crippen LogP contribution in [0.2, 0.25) is 0 Å². The van der Waals surface area contributed by atoms with E-state index in [1.807, 2.05) is 24.3 Å². The number of carbonyl (C=O) groups is 1. The van der Waals surface area contributed by atoms with Gasteiger partial charge in [0.1, 0.15) is 5.69 Å². The van der Waals surface area contributed by atoms with Crippen molar-refractivity contribution >= 4 is 38.3 Å². The number of nitrogens with two attached hydrogens (primary N) is 1. The Morgan fingerprint density at radius 1 is 1.41 bits per heavy atom. The van der Waals surface area contributed by atoms with Gasteiger partial charge >= 0.3 is 0 Å². The third-order valence-corrected chi connectivity index (χ3v) is 3.32. The fraction of sp³-hybridized carbons (Fsp3) is 0.0909. The van der Waals surface area contributed by atoms with Crippen LogP contribution >= 0.6 is 27.3 Å². The number of aromatic nitrogens is 1. The van der Waals surface area contributed by atoms with Crippen LogP contribution in [-0.2, 0) is 6.54 Å². The topological polar surface area (TPSA) is 68.0 Å². The Labute approximate surface area is 111 Å². The molecule has 0 aliphatic carbocycles. The van der Waals surface area contributed by atoms with Crippen LogP contribution in [0.5, 0.6) is 0 Å². The highest BCUT2D eigenvalue weighted by atomic mass is 79.9. The lowest BCUT2D eigenvalue weighted by Gasteiger charge is -2.03. The average Bonchev–Trinajstić information content (AvgIpc) is 2.75. The lowest BCUT2D eigenvalue weighted by atomic mass is 10.2. The molecule has 1 aromatic heterocycles. The SMILES string of the molecule is Nc1nc(C(=O)NCc2ccc(Br)cc2)cs1. The number of hydrogen-bond donors (Lipinski definition) is 2. The van der Waals surface area contributed by atoms with Crippen molar-refractivity contribution in [1.82, 2.24) is 10.3 Å². The number of carbonyl (C=O) groups excluding carboxylic acids is 1. The molecule has 0 unspecified atom stereocenters. The molecule has 0 bridgehead atoms. The second kappa shape index (κ2) is 5.29. The van der Waals surface area contributed by atoms with E-state index in [1.165, 1.54) is 11.3 Å². The predicted octanol–water partition coefficient (Wildman–Crippen LogP) is 2.42. The maximum atomic E-state index is 11.7. The van der Waals surface area contributed by atoms with Gasteiger partial charge in [-0.05, 0) is 17.7 Å². The minimum atomic E-state index is -0.208. The quantitative estimate of drug-likeness (QED) is 0.914. The van der Waals surface area contributed by atoms with Gasteiger partial charge in [-0.25, -0.2) is 4.98 Å². The molecule has 0 saturated carbocycles. The molecule has 0 aliphatic heterocycles. The maximum Gasteiger partial charge on any atom is 0.271 e. The molecule has 4 nitrogen and oxygen atoms in total. The average molecular weight is 312 g/mol. The summed E-state index contributed by atoms with van der Waals surface area (Å²) in [6, 6.07) is 7.75. The summed E-state index contributed by atoms with van der Waals surface area (Å²) in [5.41, 5.74) is 6.86. The molecule has 0 radical (unpaired) electrons. The van der Waals surface area contributed by atoms with Gasteiger partial charge in [0.2, 0.25) is 0 Å². The van der Waals surface area contributed by atoms with E-state index in [0.717, 1.165) is 10.0 Å². The van der Waals surface area contributed by atoms with Gasteiger partial charge in [0.25, 0.3) is 5.91 Å². The van der Waals surface area contributed by atoms with E-state index in [-0.39, 0.29) is 5.91 Å². The van der Waals surface area contributed by atoms with Crippen molar-refractivity contribution in [3.63, 3.8) is 0 Å². The summed E-state index contributed by atoms with van der Waals surface area (Å²) in [6.45, 7) is 0.476. The van der Waals surface area contributed by atoms with Crippen LogP contribution in [0, 0.1) is 0 Å². The zero-order valence-corrected chi connectivity index (χ0v) is 11.2. The summed E-state index contributed by atoms with van der Waals surface area (Å²) in [5.74, 6) is -0.208. The largest absolute Gasteiger partial charge is 0.375 e. The fourth-order valence-corrected chi connectivity index (χ4v) is 2.07. The number of amides is 1. The summed E-state index contributed by atoms with van der Waals surface area (Å²) in [4.78, 5) is 15.6.